The number of fused-ring (bicyclic) bond motifs is 1. The molecule has 0 aliphatic carbocycles. The van der Waals surface area contributed by atoms with Crippen LogP contribution < -0.4 is 0 Å². The summed E-state index contributed by atoms with van der Waals surface area (Å²) >= 11 is 1.20. The number of hydrogen-bond acceptors (Lipinski definition) is 0. The fourth-order valence-corrected chi connectivity index (χ4v) is 1.77. The predicted octanol–water partition coefficient (Wildman–Crippen LogP) is 3.00. The van der Waals surface area contributed by atoms with E-state index in [2.05, 4.69) is 53.2 Å². The van der Waals surface area contributed by atoms with E-state index in [0.717, 1.165) is 0 Å². The van der Waals surface area contributed by atoms with Crippen LogP contribution in [0.3, 0.4) is 0 Å². The second kappa shape index (κ2) is 4.44. The first kappa shape index (κ1) is 9.49. The summed E-state index contributed by atoms with van der Waals surface area (Å²) in [5, 5.41) is 2.55. The zero-order valence-electron chi connectivity index (χ0n) is 7.90. The summed E-state index contributed by atoms with van der Waals surface area (Å²) in [4.78, 5) is 0. The van der Waals surface area contributed by atoms with Crippen LogP contribution in [0.4, 0.5) is 0 Å². The number of allylic oxidation sites excluding steroid dienone is 1. The second-order valence-corrected chi connectivity index (χ2v) is 4.06. The molecule has 0 aromatic heterocycles. The minimum atomic E-state index is 1.17. The molecule has 0 heterocycles. The summed E-state index contributed by atoms with van der Waals surface area (Å²) in [7, 11) is 0. The van der Waals surface area contributed by atoms with E-state index in [9.17, 15) is 0 Å². The van der Waals surface area contributed by atoms with Crippen LogP contribution in [0.1, 0.15) is 5.56 Å². The molecule has 2 aromatic carbocycles. The molecule has 0 radical (unpaired) electrons. The number of hydrogen-bond donors (Lipinski definition) is 0. The molecule has 0 unspecified atom stereocenters. The molecule has 14 heavy (non-hydrogen) atoms. The number of benzene rings is 2. The minimum absolute atomic E-state index is 1.17. The van der Waals surface area contributed by atoms with Crippen molar-refractivity contribution in [2.24, 2.45) is 0 Å². The van der Waals surface area contributed by atoms with Crippen LogP contribution >= 0.6 is 0 Å². The Morgan fingerprint density at radius 2 is 2.00 bits per heavy atom. The van der Waals surface area contributed by atoms with Gasteiger partial charge in [0.1, 0.15) is 0 Å². The van der Waals surface area contributed by atoms with Crippen molar-refractivity contribution in [2.75, 3.05) is 0 Å². The molecule has 0 saturated heterocycles. The van der Waals surface area contributed by atoms with E-state index < -0.39 is 0 Å². The maximum atomic E-state index is 3.25. The molecule has 0 atom stereocenters. The van der Waals surface area contributed by atoms with E-state index in [0.29, 0.717) is 0 Å². The van der Waals surface area contributed by atoms with E-state index in [4.69, 9.17) is 0 Å². The first-order chi connectivity index (χ1) is 6.92. The monoisotopic (exact) mass is 229 g/mol. The Balaban J connectivity index is 2.64. The first-order valence-corrected chi connectivity index (χ1v) is 6.31. The molecule has 64 valence electrons. The Labute approximate surface area is 93.5 Å². The van der Waals surface area contributed by atoms with Gasteiger partial charge < -0.3 is 0 Å². The van der Waals surface area contributed by atoms with E-state index in [1.807, 2.05) is 6.07 Å². The third-order valence-corrected chi connectivity index (χ3v) is 2.72. The van der Waals surface area contributed by atoms with Gasteiger partial charge in [-0.15, -0.1) is 0 Å². The molecule has 1 heteroatoms. The van der Waals surface area contributed by atoms with E-state index in [1.54, 1.807) is 0 Å². The topological polar surface area (TPSA) is 0 Å². The van der Waals surface area contributed by atoms with Gasteiger partial charge in [-0.05, 0) is 0 Å². The standard InChI is InChI=1S/C13H9.Zn/c1-2-6-11-8-5-9-12-7-3-4-10-13(11)12;/h1-7,9-10H;/q-1;/b6-2-;. The molecule has 0 aliphatic rings. The van der Waals surface area contributed by atoms with Gasteiger partial charge in [-0.25, -0.2) is 0 Å². The van der Waals surface area contributed by atoms with Crippen LogP contribution in [0.2, 0.25) is 0 Å². The molecular weight excluding hydrogens is 222 g/mol. The van der Waals surface area contributed by atoms with Crippen LogP contribution in [-0.4, -0.2) is 4.61 Å². The fraction of sp³-hybridized carbons (Fsp3) is 0. The molecule has 2 aromatic rings. The van der Waals surface area contributed by atoms with Gasteiger partial charge in [0, 0.05) is 0 Å². The van der Waals surface area contributed by atoms with Crippen LogP contribution in [0, 0.1) is 6.07 Å². The molecule has 0 amide bonds. The Kier molecular flexibility index (Phi) is 3.01. The molecule has 0 aliphatic heterocycles. The molecule has 0 spiro atoms. The zero-order chi connectivity index (χ0) is 9.80. The molecule has 0 fully saturated rings. The first-order valence-electron chi connectivity index (χ1n) is 4.60. The summed E-state index contributed by atoms with van der Waals surface area (Å²) in [6.45, 7) is 0. The average Bonchev–Trinajstić information content (AvgIpc) is 2.26. The van der Waals surface area contributed by atoms with Gasteiger partial charge in [0.2, 0.25) is 0 Å². The van der Waals surface area contributed by atoms with Crippen molar-refractivity contribution in [1.29, 1.82) is 0 Å². The van der Waals surface area contributed by atoms with E-state index in [-0.39, 0.29) is 0 Å². The zero-order valence-corrected chi connectivity index (χ0v) is 10.9. The summed E-state index contributed by atoms with van der Waals surface area (Å²) < 4.78 is 2.15. The van der Waals surface area contributed by atoms with Crippen molar-refractivity contribution in [3.8, 4) is 0 Å². The van der Waals surface area contributed by atoms with E-state index in [1.165, 1.54) is 34.2 Å². The maximum absolute atomic E-state index is 3.25. The van der Waals surface area contributed by atoms with Gasteiger partial charge in [-0.1, -0.05) is 0 Å². The van der Waals surface area contributed by atoms with Crippen molar-refractivity contribution in [3.05, 3.63) is 54.1 Å². The second-order valence-electron chi connectivity index (χ2n) is 3.07. The summed E-state index contributed by atoms with van der Waals surface area (Å²) in [6, 6.07) is 15.7. The van der Waals surface area contributed by atoms with Gasteiger partial charge in [0.25, 0.3) is 0 Å². The molecule has 0 N–H and O–H groups in total. The van der Waals surface area contributed by atoms with Crippen molar-refractivity contribution >= 4 is 21.5 Å². The third kappa shape index (κ3) is 1.88. The Morgan fingerprint density at radius 3 is 2.86 bits per heavy atom. The SMILES string of the molecule is [Zn]=[CH]/C=C\c1[c-]ccc2ccccc12. The van der Waals surface area contributed by atoms with Crippen molar-refractivity contribution < 1.29 is 17.9 Å². The van der Waals surface area contributed by atoms with Crippen LogP contribution in [-0.2, 0) is 17.9 Å². The Hall–Kier alpha value is -1.07. The van der Waals surface area contributed by atoms with Gasteiger partial charge in [-0.3, -0.25) is 0 Å². The van der Waals surface area contributed by atoms with Crippen molar-refractivity contribution in [3.63, 3.8) is 0 Å². The molecule has 2 rings (SSSR count). The quantitative estimate of drug-likeness (QED) is 0.550. The molecule has 0 bridgehead atoms. The van der Waals surface area contributed by atoms with Gasteiger partial charge in [0.05, 0.1) is 0 Å². The van der Waals surface area contributed by atoms with E-state index >= 15 is 0 Å². The van der Waals surface area contributed by atoms with Gasteiger partial charge in [-0.2, -0.15) is 0 Å². The van der Waals surface area contributed by atoms with Crippen LogP contribution in [0.5, 0.6) is 0 Å². The summed E-state index contributed by atoms with van der Waals surface area (Å²) in [5.74, 6) is 0. The molecule has 0 nitrogen and oxygen atoms in total. The summed E-state index contributed by atoms with van der Waals surface area (Å²) in [5.41, 5.74) is 1.17. The van der Waals surface area contributed by atoms with Gasteiger partial charge >= 0.3 is 93.4 Å². The van der Waals surface area contributed by atoms with Crippen molar-refractivity contribution in [1.82, 2.24) is 0 Å². The number of rotatable bonds is 2. The Bertz CT molecular complexity index is 478. The Morgan fingerprint density at radius 1 is 1.14 bits per heavy atom. The average molecular weight is 231 g/mol. The van der Waals surface area contributed by atoms with Crippen LogP contribution in [0.15, 0.2) is 42.5 Å². The third-order valence-electron chi connectivity index (χ3n) is 2.15. The predicted molar refractivity (Wildman–Crippen MR) is 57.9 cm³/mol. The normalized spacial score (nSPS) is 11.0. The molecular formula is C13H9Zn-. The van der Waals surface area contributed by atoms with Crippen molar-refractivity contribution in [2.45, 2.75) is 0 Å². The van der Waals surface area contributed by atoms with Gasteiger partial charge in [0.15, 0.2) is 0 Å². The fourth-order valence-electron chi connectivity index (χ4n) is 1.49. The molecule has 0 saturated carbocycles. The van der Waals surface area contributed by atoms with Crippen LogP contribution in [0.25, 0.3) is 16.8 Å². The summed E-state index contributed by atoms with van der Waals surface area (Å²) in [6.07, 6.45) is 4.21.